The van der Waals surface area contributed by atoms with Crippen LogP contribution in [0.2, 0.25) is 0 Å². The standard InChI is InChI=1S/C8H10N2/c1-7-2-4-8(5-3-7)10-6-9/h2-6H,1H3,(H2,9,10). The molecule has 0 aliphatic carbocycles. The number of nitrogens with zero attached hydrogens (tertiary/aromatic N) is 1. The van der Waals surface area contributed by atoms with Crippen molar-refractivity contribution in [2.45, 2.75) is 6.92 Å². The van der Waals surface area contributed by atoms with E-state index in [1.165, 1.54) is 11.9 Å². The third-order valence-electron chi connectivity index (χ3n) is 1.26. The molecule has 0 unspecified atom stereocenters. The predicted molar refractivity (Wildman–Crippen MR) is 43.5 cm³/mol. The maximum atomic E-state index is 5.11. The maximum absolute atomic E-state index is 5.11. The Balaban J connectivity index is 2.89. The van der Waals surface area contributed by atoms with Crippen molar-refractivity contribution in [3.05, 3.63) is 29.8 Å². The lowest BCUT2D eigenvalue weighted by molar-refractivity contribution is 1.43. The van der Waals surface area contributed by atoms with Crippen LogP contribution in [0.25, 0.3) is 0 Å². The van der Waals surface area contributed by atoms with Gasteiger partial charge in [-0.05, 0) is 19.1 Å². The van der Waals surface area contributed by atoms with Crippen molar-refractivity contribution in [2.75, 3.05) is 0 Å². The minimum absolute atomic E-state index is 0.896. The van der Waals surface area contributed by atoms with E-state index >= 15 is 0 Å². The zero-order valence-electron chi connectivity index (χ0n) is 5.91. The molecule has 0 amide bonds. The number of aliphatic imine (C=N–C) groups is 1. The first-order valence-corrected chi connectivity index (χ1v) is 3.14. The molecule has 0 heterocycles. The number of hydrogen-bond acceptors (Lipinski definition) is 1. The van der Waals surface area contributed by atoms with Gasteiger partial charge < -0.3 is 5.73 Å². The molecule has 0 aliphatic rings. The highest BCUT2D eigenvalue weighted by atomic mass is 14.8. The Labute approximate surface area is 60.4 Å². The van der Waals surface area contributed by atoms with Crippen molar-refractivity contribution < 1.29 is 0 Å². The van der Waals surface area contributed by atoms with Crippen molar-refractivity contribution in [2.24, 2.45) is 10.7 Å². The average molecular weight is 134 g/mol. The fraction of sp³-hybridized carbons (Fsp3) is 0.125. The predicted octanol–water partition coefficient (Wildman–Crippen LogP) is 1.61. The number of nitrogens with two attached hydrogens (primary N) is 1. The van der Waals surface area contributed by atoms with Crippen LogP contribution in [-0.2, 0) is 0 Å². The zero-order chi connectivity index (χ0) is 7.40. The van der Waals surface area contributed by atoms with Crippen LogP contribution in [0.5, 0.6) is 0 Å². The van der Waals surface area contributed by atoms with Crippen LogP contribution < -0.4 is 5.73 Å². The van der Waals surface area contributed by atoms with Gasteiger partial charge in [-0.1, -0.05) is 17.7 Å². The van der Waals surface area contributed by atoms with E-state index in [9.17, 15) is 0 Å². The molecule has 2 nitrogen and oxygen atoms in total. The molecule has 0 atom stereocenters. The molecule has 1 rings (SSSR count). The Bertz CT molecular complexity index is 224. The SMILES string of the molecule is Cc1ccc(N=CN)cc1. The van der Waals surface area contributed by atoms with Gasteiger partial charge in [0.1, 0.15) is 0 Å². The van der Waals surface area contributed by atoms with Gasteiger partial charge in [-0.15, -0.1) is 0 Å². The summed E-state index contributed by atoms with van der Waals surface area (Å²) in [5.41, 5.74) is 7.24. The smallest absolute Gasteiger partial charge is 0.0860 e. The molecule has 0 aliphatic heterocycles. The molecule has 0 fully saturated rings. The van der Waals surface area contributed by atoms with Crippen molar-refractivity contribution in [1.82, 2.24) is 0 Å². The van der Waals surface area contributed by atoms with Crippen molar-refractivity contribution >= 4 is 12.0 Å². The maximum Gasteiger partial charge on any atom is 0.0860 e. The van der Waals surface area contributed by atoms with Gasteiger partial charge in [-0.3, -0.25) is 0 Å². The third-order valence-corrected chi connectivity index (χ3v) is 1.26. The van der Waals surface area contributed by atoms with Crippen LogP contribution >= 0.6 is 0 Å². The van der Waals surface area contributed by atoms with Crippen LogP contribution in [-0.4, -0.2) is 6.34 Å². The van der Waals surface area contributed by atoms with Gasteiger partial charge in [0.05, 0.1) is 12.0 Å². The molecule has 10 heavy (non-hydrogen) atoms. The lowest BCUT2D eigenvalue weighted by Gasteiger charge is -1.91. The van der Waals surface area contributed by atoms with E-state index in [1.54, 1.807) is 0 Å². The fourth-order valence-electron chi connectivity index (χ4n) is 0.717. The second-order valence-corrected chi connectivity index (χ2v) is 2.11. The lowest BCUT2D eigenvalue weighted by Crippen LogP contribution is -1.85. The zero-order valence-corrected chi connectivity index (χ0v) is 5.91. The largest absolute Gasteiger partial charge is 0.390 e. The first kappa shape index (κ1) is 6.81. The Morgan fingerprint density at radius 2 is 1.90 bits per heavy atom. The summed E-state index contributed by atoms with van der Waals surface area (Å²) in [5, 5.41) is 0. The highest BCUT2D eigenvalue weighted by molar-refractivity contribution is 5.58. The normalized spacial score (nSPS) is 10.5. The van der Waals surface area contributed by atoms with Crippen LogP contribution in [0.4, 0.5) is 5.69 Å². The van der Waals surface area contributed by atoms with E-state index in [1.807, 2.05) is 31.2 Å². The first-order chi connectivity index (χ1) is 4.83. The second kappa shape index (κ2) is 3.01. The lowest BCUT2D eigenvalue weighted by atomic mass is 10.2. The van der Waals surface area contributed by atoms with Gasteiger partial charge in [-0.2, -0.15) is 0 Å². The highest BCUT2D eigenvalue weighted by Crippen LogP contribution is 2.10. The molecule has 0 spiro atoms. The molecule has 1 aromatic carbocycles. The Hall–Kier alpha value is -1.31. The number of aryl methyl sites for hydroxylation is 1. The highest BCUT2D eigenvalue weighted by Gasteiger charge is 1.84. The van der Waals surface area contributed by atoms with Crippen LogP contribution in [0.1, 0.15) is 5.56 Å². The van der Waals surface area contributed by atoms with Gasteiger partial charge >= 0.3 is 0 Å². The van der Waals surface area contributed by atoms with Gasteiger partial charge in [-0.25, -0.2) is 4.99 Å². The molecule has 0 bridgehead atoms. The van der Waals surface area contributed by atoms with Gasteiger partial charge in [0.25, 0.3) is 0 Å². The summed E-state index contributed by atoms with van der Waals surface area (Å²) in [4.78, 5) is 3.90. The van der Waals surface area contributed by atoms with E-state index in [0.717, 1.165) is 5.69 Å². The third kappa shape index (κ3) is 1.58. The van der Waals surface area contributed by atoms with Gasteiger partial charge in [0.2, 0.25) is 0 Å². The van der Waals surface area contributed by atoms with Gasteiger partial charge in [0, 0.05) is 0 Å². The van der Waals surface area contributed by atoms with Crippen molar-refractivity contribution in [1.29, 1.82) is 0 Å². The fourth-order valence-corrected chi connectivity index (χ4v) is 0.717. The van der Waals surface area contributed by atoms with E-state index in [2.05, 4.69) is 4.99 Å². The van der Waals surface area contributed by atoms with E-state index in [-0.39, 0.29) is 0 Å². The molecule has 0 saturated carbocycles. The molecule has 52 valence electrons. The minimum Gasteiger partial charge on any atom is -0.390 e. The molecule has 0 radical (unpaired) electrons. The molecule has 1 aromatic rings. The van der Waals surface area contributed by atoms with Crippen LogP contribution in [0.15, 0.2) is 29.3 Å². The summed E-state index contributed by atoms with van der Waals surface area (Å²) in [5.74, 6) is 0. The molecule has 0 aromatic heterocycles. The number of rotatable bonds is 1. The monoisotopic (exact) mass is 134 g/mol. The molecule has 0 saturated heterocycles. The first-order valence-electron chi connectivity index (χ1n) is 3.14. The number of benzene rings is 1. The van der Waals surface area contributed by atoms with Gasteiger partial charge in [0.15, 0.2) is 0 Å². The Morgan fingerprint density at radius 1 is 1.30 bits per heavy atom. The molecule has 2 N–H and O–H groups in total. The van der Waals surface area contributed by atoms with E-state index in [0.29, 0.717) is 0 Å². The summed E-state index contributed by atoms with van der Waals surface area (Å²) in [6, 6.07) is 7.86. The summed E-state index contributed by atoms with van der Waals surface area (Å²) in [7, 11) is 0. The quantitative estimate of drug-likeness (QED) is 0.460. The Kier molecular flexibility index (Phi) is 2.05. The summed E-state index contributed by atoms with van der Waals surface area (Å²) in [6.07, 6.45) is 1.30. The second-order valence-electron chi connectivity index (χ2n) is 2.11. The summed E-state index contributed by atoms with van der Waals surface area (Å²) < 4.78 is 0. The van der Waals surface area contributed by atoms with Crippen LogP contribution in [0, 0.1) is 6.92 Å². The summed E-state index contributed by atoms with van der Waals surface area (Å²) >= 11 is 0. The molecular formula is C8H10N2. The Morgan fingerprint density at radius 3 is 2.40 bits per heavy atom. The van der Waals surface area contributed by atoms with E-state index < -0.39 is 0 Å². The van der Waals surface area contributed by atoms with E-state index in [4.69, 9.17) is 5.73 Å². The van der Waals surface area contributed by atoms with Crippen molar-refractivity contribution in [3.8, 4) is 0 Å². The summed E-state index contributed by atoms with van der Waals surface area (Å²) in [6.45, 7) is 2.04. The molecular weight excluding hydrogens is 124 g/mol. The number of hydrogen-bond donors (Lipinski definition) is 1. The topological polar surface area (TPSA) is 38.4 Å². The average Bonchev–Trinajstić information content (AvgIpc) is 1.95. The van der Waals surface area contributed by atoms with Crippen molar-refractivity contribution in [3.63, 3.8) is 0 Å². The minimum atomic E-state index is 0.896. The molecule has 2 heteroatoms. The van der Waals surface area contributed by atoms with Crippen LogP contribution in [0.3, 0.4) is 0 Å².